The van der Waals surface area contributed by atoms with Crippen molar-refractivity contribution in [2.75, 3.05) is 7.11 Å². The molecule has 0 radical (unpaired) electrons. The minimum absolute atomic E-state index is 0.0479. The van der Waals surface area contributed by atoms with Crippen LogP contribution in [0.5, 0.6) is 5.75 Å². The Bertz CT molecular complexity index is 1200. The van der Waals surface area contributed by atoms with Crippen molar-refractivity contribution in [2.24, 2.45) is 0 Å². The van der Waals surface area contributed by atoms with Gasteiger partial charge in [0.2, 0.25) is 0 Å². The zero-order valence-electron chi connectivity index (χ0n) is 15.0. The van der Waals surface area contributed by atoms with Crippen LogP contribution in [0.1, 0.15) is 15.9 Å². The van der Waals surface area contributed by atoms with E-state index in [9.17, 15) is 9.59 Å². The highest BCUT2D eigenvalue weighted by Gasteiger charge is 2.15. The molecule has 0 saturated heterocycles. The molecule has 0 saturated carbocycles. The molecular weight excluding hydrogens is 376 g/mol. The topological polar surface area (TPSA) is 81.4 Å². The molecule has 3 heterocycles. The maximum absolute atomic E-state index is 12.5. The molecule has 0 atom stereocenters. The number of pyridine rings is 1. The van der Waals surface area contributed by atoms with Gasteiger partial charge in [0.15, 0.2) is 11.3 Å². The standard InChI is InChI=1S/C21H16N2O4S/c1-26-17-5-2-4-14-11-15(21(25)27-19(14)17)20(24)23-12-13-7-8-22-16(10-13)18-6-3-9-28-18/h2-11H,12H2,1H3,(H,23,24). The average molecular weight is 392 g/mol. The zero-order chi connectivity index (χ0) is 19.5. The normalized spacial score (nSPS) is 10.8. The van der Waals surface area contributed by atoms with E-state index >= 15 is 0 Å². The first kappa shape index (κ1) is 17.9. The molecule has 7 heteroatoms. The van der Waals surface area contributed by atoms with Gasteiger partial charge in [0.05, 0.1) is 17.7 Å². The van der Waals surface area contributed by atoms with Crippen LogP contribution in [-0.2, 0) is 6.54 Å². The van der Waals surface area contributed by atoms with Crippen molar-refractivity contribution < 1.29 is 13.9 Å². The summed E-state index contributed by atoms with van der Waals surface area (Å²) in [5, 5.41) is 5.37. The van der Waals surface area contributed by atoms with E-state index in [2.05, 4.69) is 10.3 Å². The number of carbonyl (C=O) groups is 1. The summed E-state index contributed by atoms with van der Waals surface area (Å²) in [6.07, 6.45) is 1.70. The molecule has 0 aliphatic rings. The van der Waals surface area contributed by atoms with Gasteiger partial charge in [-0.2, -0.15) is 0 Å². The third kappa shape index (κ3) is 3.52. The van der Waals surface area contributed by atoms with Gasteiger partial charge < -0.3 is 14.5 Å². The number of fused-ring (bicyclic) bond motifs is 1. The second-order valence-corrected chi connectivity index (χ2v) is 6.98. The van der Waals surface area contributed by atoms with Crippen LogP contribution in [0.15, 0.2) is 69.3 Å². The van der Waals surface area contributed by atoms with Crippen LogP contribution in [-0.4, -0.2) is 18.0 Å². The van der Waals surface area contributed by atoms with Gasteiger partial charge in [-0.05, 0) is 41.3 Å². The lowest BCUT2D eigenvalue weighted by Crippen LogP contribution is -2.27. The van der Waals surface area contributed by atoms with Crippen molar-refractivity contribution in [1.29, 1.82) is 0 Å². The number of aromatic nitrogens is 1. The Morgan fingerprint density at radius 3 is 2.89 bits per heavy atom. The molecule has 1 aromatic carbocycles. The number of rotatable bonds is 5. The number of nitrogens with zero attached hydrogens (tertiary/aromatic N) is 1. The van der Waals surface area contributed by atoms with Crippen molar-refractivity contribution >= 4 is 28.2 Å². The molecular formula is C21H16N2O4S. The summed E-state index contributed by atoms with van der Waals surface area (Å²) in [5.74, 6) is -0.0487. The van der Waals surface area contributed by atoms with E-state index in [4.69, 9.17) is 9.15 Å². The van der Waals surface area contributed by atoms with Crippen LogP contribution in [0.25, 0.3) is 21.5 Å². The molecule has 4 rings (SSSR count). The van der Waals surface area contributed by atoms with Crippen molar-refractivity contribution in [3.63, 3.8) is 0 Å². The van der Waals surface area contributed by atoms with E-state index in [1.54, 1.807) is 35.7 Å². The first-order chi connectivity index (χ1) is 13.7. The molecule has 0 unspecified atom stereocenters. The number of benzene rings is 1. The van der Waals surface area contributed by atoms with Gasteiger partial charge in [-0.1, -0.05) is 18.2 Å². The van der Waals surface area contributed by atoms with Crippen LogP contribution >= 0.6 is 11.3 Å². The molecule has 6 nitrogen and oxygen atoms in total. The number of amides is 1. The monoisotopic (exact) mass is 392 g/mol. The second-order valence-electron chi connectivity index (χ2n) is 6.04. The lowest BCUT2D eigenvalue weighted by molar-refractivity contribution is 0.0947. The van der Waals surface area contributed by atoms with E-state index < -0.39 is 11.5 Å². The van der Waals surface area contributed by atoms with Crippen molar-refractivity contribution in [3.8, 4) is 16.3 Å². The van der Waals surface area contributed by atoms with Crippen LogP contribution < -0.4 is 15.7 Å². The largest absolute Gasteiger partial charge is 0.493 e. The Hall–Kier alpha value is -3.45. The first-order valence-corrected chi connectivity index (χ1v) is 9.41. The van der Waals surface area contributed by atoms with E-state index in [1.807, 2.05) is 29.6 Å². The van der Waals surface area contributed by atoms with Gasteiger partial charge in [0, 0.05) is 18.1 Å². The highest BCUT2D eigenvalue weighted by molar-refractivity contribution is 7.13. The number of hydrogen-bond acceptors (Lipinski definition) is 6. The zero-order valence-corrected chi connectivity index (χ0v) is 15.8. The predicted octanol–water partition coefficient (Wildman–Crippen LogP) is 3.86. The van der Waals surface area contributed by atoms with Crippen LogP contribution in [0, 0.1) is 0 Å². The smallest absolute Gasteiger partial charge is 0.349 e. The number of thiophene rings is 1. The van der Waals surface area contributed by atoms with Gasteiger partial charge in [-0.15, -0.1) is 11.3 Å². The van der Waals surface area contributed by atoms with E-state index in [0.717, 1.165) is 16.1 Å². The number of methoxy groups -OCH3 is 1. The third-order valence-electron chi connectivity index (χ3n) is 4.24. The van der Waals surface area contributed by atoms with Gasteiger partial charge in [0.25, 0.3) is 5.91 Å². The molecule has 0 spiro atoms. The fourth-order valence-corrected chi connectivity index (χ4v) is 3.55. The second kappa shape index (κ2) is 7.66. The quantitative estimate of drug-likeness (QED) is 0.522. The minimum atomic E-state index is -0.705. The van der Waals surface area contributed by atoms with Gasteiger partial charge in [0.1, 0.15) is 5.56 Å². The summed E-state index contributed by atoms with van der Waals surface area (Å²) in [6.45, 7) is 0.273. The Labute approximate surface area is 164 Å². The maximum atomic E-state index is 12.5. The summed E-state index contributed by atoms with van der Waals surface area (Å²) in [6, 6.07) is 14.4. The number of nitrogens with one attached hydrogen (secondary N) is 1. The Morgan fingerprint density at radius 1 is 1.21 bits per heavy atom. The minimum Gasteiger partial charge on any atom is -0.493 e. The Morgan fingerprint density at radius 2 is 2.11 bits per heavy atom. The van der Waals surface area contributed by atoms with E-state index in [-0.39, 0.29) is 12.1 Å². The van der Waals surface area contributed by atoms with E-state index in [1.165, 1.54) is 13.2 Å². The van der Waals surface area contributed by atoms with Crippen LogP contribution in [0.2, 0.25) is 0 Å². The molecule has 0 aliphatic carbocycles. The maximum Gasteiger partial charge on any atom is 0.349 e. The molecule has 1 N–H and O–H groups in total. The number of carbonyl (C=O) groups excluding carboxylic acids is 1. The summed E-state index contributed by atoms with van der Waals surface area (Å²) < 4.78 is 10.5. The number of hydrogen-bond donors (Lipinski definition) is 1. The number of para-hydroxylation sites is 1. The molecule has 0 fully saturated rings. The average Bonchev–Trinajstić information content (AvgIpc) is 3.26. The first-order valence-electron chi connectivity index (χ1n) is 8.53. The molecule has 140 valence electrons. The third-order valence-corrected chi connectivity index (χ3v) is 5.13. The molecule has 0 aliphatic heterocycles. The molecule has 0 bridgehead atoms. The summed E-state index contributed by atoms with van der Waals surface area (Å²) in [7, 11) is 1.49. The summed E-state index contributed by atoms with van der Waals surface area (Å²) in [5.41, 5.74) is 1.30. The van der Waals surface area contributed by atoms with Crippen molar-refractivity contribution in [2.45, 2.75) is 6.54 Å². The predicted molar refractivity (Wildman–Crippen MR) is 108 cm³/mol. The molecule has 1 amide bonds. The molecule has 3 aromatic heterocycles. The Kier molecular flexibility index (Phi) is 4.90. The van der Waals surface area contributed by atoms with Crippen molar-refractivity contribution in [3.05, 3.63) is 81.7 Å². The fraction of sp³-hybridized carbons (Fsp3) is 0.0952. The SMILES string of the molecule is COc1cccc2cc(C(=O)NCc3ccnc(-c4cccs4)c3)c(=O)oc12. The van der Waals surface area contributed by atoms with Gasteiger partial charge in [-0.3, -0.25) is 9.78 Å². The lowest BCUT2D eigenvalue weighted by Gasteiger charge is -2.08. The van der Waals surface area contributed by atoms with Gasteiger partial charge in [-0.25, -0.2) is 4.79 Å². The highest BCUT2D eigenvalue weighted by Crippen LogP contribution is 2.25. The fourth-order valence-electron chi connectivity index (χ4n) is 2.86. The van der Waals surface area contributed by atoms with Crippen LogP contribution in [0.3, 0.4) is 0 Å². The Balaban J connectivity index is 1.55. The summed E-state index contributed by atoms with van der Waals surface area (Å²) >= 11 is 1.60. The molecule has 4 aromatic rings. The summed E-state index contributed by atoms with van der Waals surface area (Å²) in [4.78, 5) is 30.2. The number of ether oxygens (including phenoxy) is 1. The van der Waals surface area contributed by atoms with E-state index in [0.29, 0.717) is 16.7 Å². The lowest BCUT2D eigenvalue weighted by atomic mass is 10.1. The molecule has 28 heavy (non-hydrogen) atoms. The van der Waals surface area contributed by atoms with Crippen LogP contribution in [0.4, 0.5) is 0 Å². The van der Waals surface area contributed by atoms with Crippen molar-refractivity contribution in [1.82, 2.24) is 10.3 Å². The van der Waals surface area contributed by atoms with Gasteiger partial charge >= 0.3 is 5.63 Å². The highest BCUT2D eigenvalue weighted by atomic mass is 32.1.